The molecule has 4 heteroatoms. The molecule has 220 valence electrons. The fraction of sp³-hybridized carbons (Fsp3) is 0.611. The van der Waals surface area contributed by atoms with Crippen molar-refractivity contribution < 1.29 is 9.47 Å². The van der Waals surface area contributed by atoms with Crippen LogP contribution in [0.3, 0.4) is 0 Å². The summed E-state index contributed by atoms with van der Waals surface area (Å²) in [6.45, 7) is 3.84. The second-order valence-corrected chi connectivity index (χ2v) is 12.4. The number of hydrogen-bond acceptors (Lipinski definition) is 4. The van der Waals surface area contributed by atoms with Gasteiger partial charge in [-0.2, -0.15) is 0 Å². The van der Waals surface area contributed by atoms with E-state index in [9.17, 15) is 0 Å². The first-order valence-corrected chi connectivity index (χ1v) is 16.3. The van der Waals surface area contributed by atoms with Crippen molar-refractivity contribution in [3.05, 3.63) is 60.2 Å². The number of nitrogens with two attached hydrogens (primary N) is 2. The molecule has 0 spiro atoms. The van der Waals surface area contributed by atoms with Crippen LogP contribution in [0.1, 0.15) is 115 Å². The van der Waals surface area contributed by atoms with Gasteiger partial charge in [-0.25, -0.2) is 0 Å². The summed E-state index contributed by atoms with van der Waals surface area (Å²) < 4.78 is 11.8. The van der Waals surface area contributed by atoms with Gasteiger partial charge in [0.05, 0.1) is 13.2 Å². The van der Waals surface area contributed by atoms with Gasteiger partial charge in [-0.15, -0.1) is 0 Å². The molecule has 2 aliphatic carbocycles. The lowest BCUT2D eigenvalue weighted by molar-refractivity contribution is 0.253. The molecular weight excluding hydrogens is 492 g/mol. The Bertz CT molecular complexity index is 982. The molecule has 0 amide bonds. The maximum Gasteiger partial charge on any atom is 0.123 e. The predicted molar refractivity (Wildman–Crippen MR) is 170 cm³/mol. The molecule has 40 heavy (non-hydrogen) atoms. The molecule has 2 saturated carbocycles. The molecule has 2 fully saturated rings. The molecule has 4 N–H and O–H groups in total. The van der Waals surface area contributed by atoms with E-state index >= 15 is 0 Å². The lowest BCUT2D eigenvalue weighted by atomic mass is 9.77. The Morgan fingerprint density at radius 3 is 1.88 bits per heavy atom. The Labute approximate surface area is 243 Å². The first kappa shape index (κ1) is 30.3. The molecule has 0 bridgehead atoms. The lowest BCUT2D eigenvalue weighted by Gasteiger charge is -2.29. The SMILES string of the molecule is CCCCCCCOc1ccc(C2CCC(/C=C/C3CCC(CCCOc4cc(N)cc(N)c4)CC3)CC2)cc1. The van der Waals surface area contributed by atoms with Crippen LogP contribution < -0.4 is 20.9 Å². The molecule has 0 heterocycles. The number of allylic oxidation sites excluding steroid dienone is 2. The number of hydrogen-bond donors (Lipinski definition) is 2. The van der Waals surface area contributed by atoms with Crippen LogP contribution in [0.2, 0.25) is 0 Å². The van der Waals surface area contributed by atoms with Crippen LogP contribution in [0, 0.1) is 17.8 Å². The van der Waals surface area contributed by atoms with Gasteiger partial charge in [-0.05, 0) is 118 Å². The summed E-state index contributed by atoms with van der Waals surface area (Å²) in [5.41, 5.74) is 14.5. The average Bonchev–Trinajstić information content (AvgIpc) is 2.97. The van der Waals surface area contributed by atoms with Gasteiger partial charge in [0, 0.05) is 23.5 Å². The van der Waals surface area contributed by atoms with Crippen molar-refractivity contribution in [3.8, 4) is 11.5 Å². The number of rotatable bonds is 15. The van der Waals surface area contributed by atoms with E-state index in [1.165, 1.54) is 95.5 Å². The number of ether oxygens (including phenoxy) is 2. The number of anilines is 2. The third kappa shape index (κ3) is 10.4. The Balaban J connectivity index is 1.07. The minimum atomic E-state index is 0.661. The summed E-state index contributed by atoms with van der Waals surface area (Å²) in [5.74, 6) is 4.91. The van der Waals surface area contributed by atoms with Gasteiger partial charge < -0.3 is 20.9 Å². The van der Waals surface area contributed by atoms with Gasteiger partial charge >= 0.3 is 0 Å². The van der Waals surface area contributed by atoms with E-state index in [0.717, 1.165) is 48.9 Å². The summed E-state index contributed by atoms with van der Waals surface area (Å²) in [5, 5.41) is 0. The third-order valence-electron chi connectivity index (χ3n) is 9.16. The Morgan fingerprint density at radius 2 is 1.23 bits per heavy atom. The van der Waals surface area contributed by atoms with Gasteiger partial charge in [0.1, 0.15) is 11.5 Å². The molecular formula is C36H54N2O2. The highest BCUT2D eigenvalue weighted by Crippen LogP contribution is 2.38. The van der Waals surface area contributed by atoms with E-state index in [1.54, 1.807) is 6.07 Å². The van der Waals surface area contributed by atoms with E-state index in [4.69, 9.17) is 20.9 Å². The van der Waals surface area contributed by atoms with Crippen LogP contribution in [0.5, 0.6) is 11.5 Å². The average molecular weight is 547 g/mol. The molecule has 0 unspecified atom stereocenters. The normalized spacial score (nSPS) is 23.3. The monoisotopic (exact) mass is 546 g/mol. The van der Waals surface area contributed by atoms with E-state index in [0.29, 0.717) is 17.3 Å². The molecule has 0 radical (unpaired) electrons. The van der Waals surface area contributed by atoms with Crippen molar-refractivity contribution in [2.45, 2.75) is 109 Å². The maximum absolute atomic E-state index is 5.97. The Hall–Kier alpha value is -2.62. The van der Waals surface area contributed by atoms with Crippen LogP contribution >= 0.6 is 0 Å². The summed E-state index contributed by atoms with van der Waals surface area (Å²) in [6, 6.07) is 14.5. The zero-order valence-electron chi connectivity index (χ0n) is 25.0. The number of unbranched alkanes of at least 4 members (excludes halogenated alkanes) is 4. The van der Waals surface area contributed by atoms with Gasteiger partial charge in [-0.1, -0.05) is 56.9 Å². The van der Waals surface area contributed by atoms with Crippen LogP contribution in [0.25, 0.3) is 0 Å². The zero-order valence-corrected chi connectivity index (χ0v) is 25.0. The number of benzene rings is 2. The third-order valence-corrected chi connectivity index (χ3v) is 9.16. The summed E-state index contributed by atoms with van der Waals surface area (Å²) in [6.07, 6.45) is 24.6. The molecule has 4 nitrogen and oxygen atoms in total. The van der Waals surface area contributed by atoms with Crippen molar-refractivity contribution in [1.82, 2.24) is 0 Å². The van der Waals surface area contributed by atoms with Crippen molar-refractivity contribution in [1.29, 1.82) is 0 Å². The van der Waals surface area contributed by atoms with Crippen molar-refractivity contribution >= 4 is 11.4 Å². The second-order valence-electron chi connectivity index (χ2n) is 12.4. The molecule has 2 aliphatic rings. The van der Waals surface area contributed by atoms with Crippen LogP contribution in [-0.2, 0) is 0 Å². The molecule has 4 rings (SSSR count). The maximum atomic E-state index is 5.97. The minimum absolute atomic E-state index is 0.661. The first-order chi connectivity index (χ1) is 19.6. The van der Waals surface area contributed by atoms with Gasteiger partial charge in [0.25, 0.3) is 0 Å². The van der Waals surface area contributed by atoms with Gasteiger partial charge in [0.15, 0.2) is 0 Å². The summed E-state index contributed by atoms with van der Waals surface area (Å²) >= 11 is 0. The lowest BCUT2D eigenvalue weighted by Crippen LogP contribution is -2.15. The smallest absolute Gasteiger partial charge is 0.123 e. The van der Waals surface area contributed by atoms with Gasteiger partial charge in [0.2, 0.25) is 0 Å². The Kier molecular flexibility index (Phi) is 12.6. The topological polar surface area (TPSA) is 70.5 Å². The van der Waals surface area contributed by atoms with Crippen molar-refractivity contribution in [2.75, 3.05) is 24.7 Å². The highest BCUT2D eigenvalue weighted by Gasteiger charge is 2.23. The highest BCUT2D eigenvalue weighted by molar-refractivity contribution is 5.56. The quantitative estimate of drug-likeness (QED) is 0.132. The molecule has 0 saturated heterocycles. The van der Waals surface area contributed by atoms with E-state index < -0.39 is 0 Å². The highest BCUT2D eigenvalue weighted by atomic mass is 16.5. The van der Waals surface area contributed by atoms with Crippen LogP contribution in [0.15, 0.2) is 54.6 Å². The van der Waals surface area contributed by atoms with Gasteiger partial charge in [-0.3, -0.25) is 0 Å². The summed E-state index contributed by atoms with van der Waals surface area (Å²) in [7, 11) is 0. The fourth-order valence-electron chi connectivity index (χ4n) is 6.65. The van der Waals surface area contributed by atoms with E-state index in [-0.39, 0.29) is 0 Å². The van der Waals surface area contributed by atoms with Crippen molar-refractivity contribution in [3.63, 3.8) is 0 Å². The molecule has 0 aliphatic heterocycles. The van der Waals surface area contributed by atoms with Crippen molar-refractivity contribution in [2.24, 2.45) is 17.8 Å². The van der Waals surface area contributed by atoms with Crippen LogP contribution in [0.4, 0.5) is 11.4 Å². The van der Waals surface area contributed by atoms with E-state index in [2.05, 4.69) is 43.3 Å². The minimum Gasteiger partial charge on any atom is -0.494 e. The number of nitrogen functional groups attached to an aromatic ring is 2. The molecule has 2 aromatic carbocycles. The molecule has 2 aromatic rings. The fourth-order valence-corrected chi connectivity index (χ4v) is 6.65. The Morgan fingerprint density at radius 1 is 0.650 bits per heavy atom. The molecule has 0 aromatic heterocycles. The van der Waals surface area contributed by atoms with Crippen LogP contribution in [-0.4, -0.2) is 13.2 Å². The molecule has 0 atom stereocenters. The largest absolute Gasteiger partial charge is 0.494 e. The zero-order chi connectivity index (χ0) is 28.0. The predicted octanol–water partition coefficient (Wildman–Crippen LogP) is 9.70. The second kappa shape index (κ2) is 16.6. The van der Waals surface area contributed by atoms with E-state index in [1.807, 2.05) is 12.1 Å². The standard InChI is InChI=1S/C36H54N2O2/c1-2-3-4-5-6-23-39-35-21-19-32(20-22-35)31-17-15-30(16-18-31)14-13-29-11-9-28(10-12-29)8-7-24-40-36-26-33(37)25-34(38)27-36/h13-14,19-22,25-31H,2-12,15-18,23-24,37-38H2,1H3/b14-13+. The first-order valence-electron chi connectivity index (χ1n) is 16.3. The summed E-state index contributed by atoms with van der Waals surface area (Å²) in [4.78, 5) is 0.